The molecule has 18 nitrogen and oxygen atoms in total. The number of hydrogen-bond acceptors (Lipinski definition) is 14. The van der Waals surface area contributed by atoms with Gasteiger partial charge in [-0.1, -0.05) is 125 Å². The summed E-state index contributed by atoms with van der Waals surface area (Å²) in [5.41, 5.74) is 1.86. The molecule has 0 bridgehead atoms. The maximum atomic E-state index is 14.1. The Hall–Kier alpha value is -7.76. The molecule has 0 radical (unpaired) electrons. The van der Waals surface area contributed by atoms with E-state index in [2.05, 4.69) is 21.3 Å². The van der Waals surface area contributed by atoms with E-state index in [1.165, 1.54) is 13.8 Å². The molecule has 4 aliphatic rings. The number of carbonyl (C=O) groups excluding carboxylic acids is 8. The van der Waals surface area contributed by atoms with Gasteiger partial charge in [0, 0.05) is 11.8 Å². The standard InChI is InChI=1S/C56H62N4O14/c1-31(59-51(67)73-29-41-37-21-13-9-17-33(37)34-18-10-14-22-38(34)41)45(61)57-25-27-71-47(63)43-53(3,4)55(43,49(65)69-7)56(50(66)70-8)44(54(56,5)6)48(64)72-28-26-58-46(62)32(2)60-52(68)74-30-42-39-23-15-11-19-35(39)36-20-12-16-24-40(36)42/h9-24,31-32,41-44H,25-30H2,1-8H3,(H,57,61)(H,58,62)(H,59,67)(H,60,68)/t31-,32-,43?,44?,55-,56-/m0/s1. The first kappa shape index (κ1) is 52.6. The average Bonchev–Trinajstić information content (AvgIpc) is 3.95. The predicted molar refractivity (Wildman–Crippen MR) is 267 cm³/mol. The first-order chi connectivity index (χ1) is 35.3. The lowest BCUT2D eigenvalue weighted by atomic mass is 9.73. The fourth-order valence-electron chi connectivity index (χ4n) is 12.2. The molecule has 2 unspecified atom stereocenters. The summed E-state index contributed by atoms with van der Waals surface area (Å²) in [6.45, 7) is 8.34. The van der Waals surface area contributed by atoms with Crippen LogP contribution in [0.1, 0.15) is 75.6 Å². The zero-order valence-corrected chi connectivity index (χ0v) is 42.7. The molecule has 8 rings (SSSR count). The molecule has 0 heterocycles. The molecule has 0 saturated heterocycles. The Bertz CT molecular complexity index is 2620. The SMILES string of the molecule is COC(=O)[C@@]1([C@]2(C(=O)OC)C(C(=O)OCCNC(=O)[C@H](C)NC(=O)OCC3c4ccccc4-c4ccccc43)C2(C)C)C(C(=O)OCCNC(=O)[C@H](C)NC(=O)OCC2c3ccccc3-c3ccccc32)C1(C)C. The van der Waals surface area contributed by atoms with Crippen LogP contribution in [0.25, 0.3) is 22.3 Å². The fraction of sp³-hybridized carbons (Fsp3) is 0.429. The lowest BCUT2D eigenvalue weighted by Crippen LogP contribution is -2.46. The van der Waals surface area contributed by atoms with Gasteiger partial charge in [-0.2, -0.15) is 0 Å². The molecule has 74 heavy (non-hydrogen) atoms. The molecule has 0 spiro atoms. The molecule has 6 atom stereocenters. The Kier molecular flexibility index (Phi) is 14.7. The minimum Gasteiger partial charge on any atom is -0.469 e. The van der Waals surface area contributed by atoms with Gasteiger partial charge in [0.25, 0.3) is 0 Å². The predicted octanol–water partition coefficient (Wildman–Crippen LogP) is 5.79. The summed E-state index contributed by atoms with van der Waals surface area (Å²) < 4.78 is 32.9. The van der Waals surface area contributed by atoms with Crippen LogP contribution in [0.15, 0.2) is 97.1 Å². The van der Waals surface area contributed by atoms with Gasteiger partial charge in [0.1, 0.15) is 49.3 Å². The largest absolute Gasteiger partial charge is 0.469 e. The van der Waals surface area contributed by atoms with Crippen molar-refractivity contribution in [2.75, 3.05) is 53.7 Å². The van der Waals surface area contributed by atoms with Crippen molar-refractivity contribution in [3.63, 3.8) is 0 Å². The lowest BCUT2D eigenvalue weighted by Gasteiger charge is -2.29. The second-order valence-corrected chi connectivity index (χ2v) is 20.2. The zero-order valence-electron chi connectivity index (χ0n) is 42.7. The maximum absolute atomic E-state index is 14.1. The zero-order chi connectivity index (χ0) is 53.3. The van der Waals surface area contributed by atoms with E-state index in [4.69, 9.17) is 28.4 Å². The normalized spacial score (nSPS) is 21.8. The van der Waals surface area contributed by atoms with Crippen LogP contribution in [0.4, 0.5) is 9.59 Å². The van der Waals surface area contributed by atoms with Crippen molar-refractivity contribution in [2.24, 2.45) is 33.5 Å². The Balaban J connectivity index is 0.813. The van der Waals surface area contributed by atoms with Crippen LogP contribution < -0.4 is 21.3 Å². The number of benzene rings is 4. The highest BCUT2D eigenvalue weighted by Gasteiger charge is 3.00. The van der Waals surface area contributed by atoms with Gasteiger partial charge < -0.3 is 49.7 Å². The summed E-state index contributed by atoms with van der Waals surface area (Å²) in [6.07, 6.45) is -1.58. The van der Waals surface area contributed by atoms with Crippen molar-refractivity contribution in [2.45, 2.75) is 65.5 Å². The number of rotatable bonds is 19. The van der Waals surface area contributed by atoms with Gasteiger partial charge in [0.15, 0.2) is 0 Å². The van der Waals surface area contributed by atoms with Crippen molar-refractivity contribution in [3.05, 3.63) is 119 Å². The number of alkyl carbamates (subject to hydrolysis) is 2. The first-order valence-electron chi connectivity index (χ1n) is 24.6. The number of carbonyl (C=O) groups is 8. The van der Waals surface area contributed by atoms with Crippen LogP contribution in [0.2, 0.25) is 0 Å². The number of esters is 4. The van der Waals surface area contributed by atoms with Gasteiger partial charge >= 0.3 is 36.1 Å². The molecule has 390 valence electrons. The van der Waals surface area contributed by atoms with E-state index in [0.29, 0.717) is 0 Å². The quantitative estimate of drug-likeness (QED) is 0.0494. The third kappa shape index (κ3) is 8.76. The molecule has 2 fully saturated rings. The van der Waals surface area contributed by atoms with Gasteiger partial charge in [-0.15, -0.1) is 0 Å². The van der Waals surface area contributed by atoms with Crippen LogP contribution in [0.5, 0.6) is 0 Å². The second kappa shape index (κ2) is 20.6. The first-order valence-corrected chi connectivity index (χ1v) is 24.6. The minimum atomic E-state index is -1.97. The van der Waals surface area contributed by atoms with E-state index >= 15 is 0 Å². The monoisotopic (exact) mass is 1010 g/mol. The molecule has 18 heteroatoms. The Morgan fingerprint density at radius 1 is 0.473 bits per heavy atom. The Labute approximate surface area is 428 Å². The molecule has 4 amide bonds. The molecule has 0 aliphatic heterocycles. The average molecular weight is 1020 g/mol. The number of ether oxygens (including phenoxy) is 6. The number of fused-ring (bicyclic) bond motifs is 6. The third-order valence-electron chi connectivity index (χ3n) is 15.7. The molecule has 4 aliphatic carbocycles. The van der Waals surface area contributed by atoms with E-state index < -0.39 is 93.5 Å². The third-order valence-corrected chi connectivity index (χ3v) is 15.7. The second-order valence-electron chi connectivity index (χ2n) is 20.2. The van der Waals surface area contributed by atoms with Crippen molar-refractivity contribution >= 4 is 47.9 Å². The Morgan fingerprint density at radius 2 is 0.770 bits per heavy atom. The van der Waals surface area contributed by atoms with Crippen LogP contribution in [-0.4, -0.2) is 114 Å². The van der Waals surface area contributed by atoms with Crippen molar-refractivity contribution in [3.8, 4) is 22.3 Å². The van der Waals surface area contributed by atoms with Crippen molar-refractivity contribution < 1.29 is 66.8 Å². The highest BCUT2D eigenvalue weighted by atomic mass is 16.6. The maximum Gasteiger partial charge on any atom is 0.407 e. The molecule has 4 aromatic rings. The van der Waals surface area contributed by atoms with Gasteiger partial charge in [-0.05, 0) is 69.2 Å². The smallest absolute Gasteiger partial charge is 0.407 e. The van der Waals surface area contributed by atoms with E-state index in [-0.39, 0.29) is 51.4 Å². The van der Waals surface area contributed by atoms with Crippen molar-refractivity contribution in [1.29, 1.82) is 0 Å². The molecule has 0 aromatic heterocycles. The molecular weight excluding hydrogens is 953 g/mol. The highest BCUT2D eigenvalue weighted by Crippen LogP contribution is 2.90. The summed E-state index contributed by atoms with van der Waals surface area (Å²) in [7, 11) is 2.21. The van der Waals surface area contributed by atoms with Crippen LogP contribution in [0, 0.1) is 33.5 Å². The molecule has 2 saturated carbocycles. The number of hydrogen-bond donors (Lipinski definition) is 4. The van der Waals surface area contributed by atoms with E-state index in [9.17, 15) is 38.4 Å². The summed E-state index contributed by atoms with van der Waals surface area (Å²) in [6, 6.07) is 29.6. The highest BCUT2D eigenvalue weighted by molar-refractivity contribution is 6.05. The number of amides is 4. The summed E-state index contributed by atoms with van der Waals surface area (Å²) in [4.78, 5) is 108. The molecule has 4 aromatic carbocycles. The van der Waals surface area contributed by atoms with E-state index in [1.54, 1.807) is 27.7 Å². The van der Waals surface area contributed by atoms with E-state index in [1.807, 2.05) is 97.1 Å². The van der Waals surface area contributed by atoms with E-state index in [0.717, 1.165) is 58.7 Å². The fourth-order valence-corrected chi connectivity index (χ4v) is 12.2. The van der Waals surface area contributed by atoms with Crippen LogP contribution >= 0.6 is 0 Å². The van der Waals surface area contributed by atoms with Gasteiger partial charge in [0.2, 0.25) is 11.8 Å². The van der Waals surface area contributed by atoms with Crippen LogP contribution in [-0.2, 0) is 57.2 Å². The summed E-state index contributed by atoms with van der Waals surface area (Å²) in [5.74, 6) is -7.80. The topological polar surface area (TPSA) is 240 Å². The lowest BCUT2D eigenvalue weighted by molar-refractivity contribution is -0.170. The van der Waals surface area contributed by atoms with Gasteiger partial charge in [-0.3, -0.25) is 28.8 Å². The summed E-state index contributed by atoms with van der Waals surface area (Å²) >= 11 is 0. The van der Waals surface area contributed by atoms with Gasteiger partial charge in [-0.25, -0.2) is 9.59 Å². The molecular formula is C56H62N4O14. The summed E-state index contributed by atoms with van der Waals surface area (Å²) in [5, 5.41) is 10.3. The Morgan fingerprint density at radius 3 is 1.07 bits per heavy atom. The number of methoxy groups -OCH3 is 2. The number of nitrogens with one attached hydrogen (secondary N) is 4. The van der Waals surface area contributed by atoms with Crippen molar-refractivity contribution in [1.82, 2.24) is 21.3 Å². The van der Waals surface area contributed by atoms with Crippen LogP contribution in [0.3, 0.4) is 0 Å². The minimum absolute atomic E-state index is 0.0543. The molecule has 4 N–H and O–H groups in total. The van der Waals surface area contributed by atoms with Gasteiger partial charge in [0.05, 0.1) is 39.1 Å².